The van der Waals surface area contributed by atoms with E-state index >= 15 is 0 Å². The quantitative estimate of drug-likeness (QED) is 0.0270. The number of carbonyl (C=O) groups excluding carboxylic acids is 5. The van der Waals surface area contributed by atoms with Crippen LogP contribution in [0.4, 0.5) is 17.1 Å². The van der Waals surface area contributed by atoms with E-state index in [2.05, 4.69) is 25.6 Å². The summed E-state index contributed by atoms with van der Waals surface area (Å²) in [7, 11) is 0. The van der Waals surface area contributed by atoms with Crippen molar-refractivity contribution in [3.63, 3.8) is 0 Å². The summed E-state index contributed by atoms with van der Waals surface area (Å²) in [6.45, 7) is 16.5. The molecule has 0 saturated carbocycles. The highest BCUT2D eigenvalue weighted by Crippen LogP contribution is 2.27. The number of amides is 2. The lowest BCUT2D eigenvalue weighted by molar-refractivity contribution is -0.138. The molecule has 0 fully saturated rings. The monoisotopic (exact) mass is 1380 g/mol. The molecule has 0 saturated heterocycles. The number of carbonyl (C=O) groups is 6. The highest BCUT2D eigenvalue weighted by molar-refractivity contribution is 5.99. The van der Waals surface area contributed by atoms with Gasteiger partial charge in [0.25, 0.3) is 0 Å². The molecule has 2 amide bonds. The Hall–Kier alpha value is -12.2. The van der Waals surface area contributed by atoms with Crippen molar-refractivity contribution in [1.82, 2.24) is 15.0 Å². The Morgan fingerprint density at radius 1 is 0.379 bits per heavy atom. The lowest BCUT2D eigenvalue weighted by Crippen LogP contribution is -2.27. The molecular weight excluding hydrogens is 1290 g/mol. The van der Waals surface area contributed by atoms with Gasteiger partial charge in [-0.1, -0.05) is 201 Å². The number of anilines is 3. The van der Waals surface area contributed by atoms with Crippen molar-refractivity contribution in [2.75, 3.05) is 22.9 Å². The highest BCUT2D eigenvalue weighted by atomic mass is 16.5. The predicted octanol–water partition coefficient (Wildman–Crippen LogP) is 18.5. The van der Waals surface area contributed by atoms with Crippen LogP contribution in [0, 0.1) is 0 Å². The molecule has 7 N–H and O–H groups in total. The van der Waals surface area contributed by atoms with E-state index in [1.54, 1.807) is 128 Å². The Bertz CT molecular complexity index is 4390. The van der Waals surface area contributed by atoms with Crippen molar-refractivity contribution in [2.45, 2.75) is 106 Å². The third-order valence-electron chi connectivity index (χ3n) is 15.7. The van der Waals surface area contributed by atoms with Crippen LogP contribution in [0.25, 0.3) is 32.3 Å². The van der Waals surface area contributed by atoms with E-state index in [0.29, 0.717) is 35.2 Å². The number of nitrogens with one attached hydrogen (secondary N) is 2. The van der Waals surface area contributed by atoms with E-state index < -0.39 is 17.8 Å². The maximum Gasteiger partial charge on any atom is 0.338 e. The zero-order valence-electron chi connectivity index (χ0n) is 59.6. The molecule has 12 aromatic rings. The van der Waals surface area contributed by atoms with Crippen molar-refractivity contribution in [3.8, 4) is 0 Å². The molecule has 17 nitrogen and oxygen atoms in total. The summed E-state index contributed by atoms with van der Waals surface area (Å²) in [5.41, 5.74) is 20.3. The Morgan fingerprint density at radius 3 is 1.02 bits per heavy atom. The molecule has 3 heterocycles. The predicted molar refractivity (Wildman–Crippen MR) is 412 cm³/mol. The average molecular weight is 1380 g/mol. The third-order valence-corrected chi connectivity index (χ3v) is 15.7. The van der Waals surface area contributed by atoms with Gasteiger partial charge in [0, 0.05) is 76.9 Å². The molecule has 12 rings (SSSR count). The Balaban J connectivity index is 0.000000221. The molecule has 0 spiro atoms. The number of esters is 3. The van der Waals surface area contributed by atoms with Gasteiger partial charge in [-0.15, -0.1) is 0 Å². The Morgan fingerprint density at radius 2 is 0.689 bits per heavy atom. The second-order valence-corrected chi connectivity index (χ2v) is 22.4. The molecule has 9 aromatic carbocycles. The normalized spacial score (nSPS) is 11.0. The maximum absolute atomic E-state index is 12.9. The number of nitrogens with two attached hydrogens (primary N) is 2. The van der Waals surface area contributed by atoms with Crippen LogP contribution in [0.1, 0.15) is 150 Å². The molecular formula is C86H91N7O10. The second-order valence-electron chi connectivity index (χ2n) is 22.4. The minimum Gasteiger partial charge on any atom is -0.481 e. The van der Waals surface area contributed by atoms with Gasteiger partial charge in [-0.2, -0.15) is 0 Å². The summed E-state index contributed by atoms with van der Waals surface area (Å²) in [4.78, 5) is 85.2. The van der Waals surface area contributed by atoms with Crippen molar-refractivity contribution in [2.24, 2.45) is 5.73 Å². The number of aromatic nitrogens is 3. The molecule has 0 aliphatic heterocycles. The third kappa shape index (κ3) is 24.9. The number of hydrogen-bond acceptors (Lipinski definition) is 14. The standard InChI is InChI=1S/C27H24N2O3.C26H23N3O3.C18H18O4.C9H8N2.3C2H6/c1-2-25(26(30)29-24-13-12-23-17-28-15-14-22(23)16-24)20-10-8-19(9-11-20)18-32-27(31)21-6-4-3-5-7-21;27-15-24(25(30)29-23-11-10-22-16-28-13-12-21(22)14-23)19-8-6-18(7-9-19)17-32-26(31)20-4-2-1-3-5-20;1-2-16(17(19)20)14-10-8-13(9-11-14)12-22-18(21)15-6-4-3-5-7-15;10-9-2-1-8-6-11-4-3-7(8)5-9;3*1-2/h3-17,25H,2,18H2,1H3,(H,29,30);1-14,16,24H,15,17,27H2,(H,29,30);3-11,16H,2,12H2,1H3,(H,19,20);1-6H,10H2;3*1-2H3/t25-;24-;16-;;;;/m000..../s1. The highest BCUT2D eigenvalue weighted by Gasteiger charge is 2.22. The van der Waals surface area contributed by atoms with Crippen LogP contribution in [0.5, 0.6) is 0 Å². The fourth-order valence-corrected chi connectivity index (χ4v) is 10.4. The molecule has 17 heteroatoms. The molecule has 0 bridgehead atoms. The number of pyridine rings is 3. The Kier molecular flexibility index (Phi) is 33.6. The minimum atomic E-state index is -0.828. The second kappa shape index (κ2) is 43.3. The first kappa shape index (κ1) is 79.8. The van der Waals surface area contributed by atoms with Gasteiger partial charge in [-0.3, -0.25) is 29.3 Å². The van der Waals surface area contributed by atoms with Gasteiger partial charge in [0.15, 0.2) is 0 Å². The average Bonchev–Trinajstić information content (AvgIpc) is 0.844. The topological polar surface area (TPSA) is 265 Å². The van der Waals surface area contributed by atoms with Gasteiger partial charge in [0.05, 0.1) is 34.4 Å². The number of carboxylic acid groups (broad SMARTS) is 1. The molecule has 0 aliphatic rings. The van der Waals surface area contributed by atoms with Crippen LogP contribution in [-0.2, 0) is 48.4 Å². The maximum atomic E-state index is 12.9. The van der Waals surface area contributed by atoms with Gasteiger partial charge in [0.1, 0.15) is 19.8 Å². The van der Waals surface area contributed by atoms with Gasteiger partial charge in [-0.05, 0) is 153 Å². The van der Waals surface area contributed by atoms with Crippen LogP contribution in [0.3, 0.4) is 0 Å². The summed E-state index contributed by atoms with van der Waals surface area (Å²) >= 11 is 0. The molecule has 530 valence electrons. The fraction of sp³-hybridized carbons (Fsp3) is 0.198. The number of rotatable bonds is 20. The van der Waals surface area contributed by atoms with Crippen LogP contribution < -0.4 is 22.1 Å². The van der Waals surface area contributed by atoms with E-state index in [1.807, 2.05) is 201 Å². The van der Waals surface area contributed by atoms with E-state index in [9.17, 15) is 28.8 Å². The van der Waals surface area contributed by atoms with E-state index in [1.165, 1.54) is 0 Å². The zero-order chi connectivity index (χ0) is 74.3. The van der Waals surface area contributed by atoms with Crippen molar-refractivity contribution < 1.29 is 48.1 Å². The number of ether oxygens (including phenoxy) is 3. The first-order valence-corrected chi connectivity index (χ1v) is 34.5. The van der Waals surface area contributed by atoms with Gasteiger partial charge >= 0.3 is 23.9 Å². The summed E-state index contributed by atoms with van der Waals surface area (Å²) in [6.07, 6.45) is 11.8. The van der Waals surface area contributed by atoms with Gasteiger partial charge in [0.2, 0.25) is 11.8 Å². The molecule has 3 atom stereocenters. The largest absolute Gasteiger partial charge is 0.481 e. The number of hydrogen-bond donors (Lipinski definition) is 5. The lowest BCUT2D eigenvalue weighted by Gasteiger charge is -2.16. The Labute approximate surface area is 603 Å². The van der Waals surface area contributed by atoms with E-state index in [0.717, 1.165) is 77.1 Å². The molecule has 0 aliphatic carbocycles. The fourth-order valence-electron chi connectivity index (χ4n) is 10.4. The minimum absolute atomic E-state index is 0.0517. The first-order valence-electron chi connectivity index (χ1n) is 34.5. The number of nitrogens with zero attached hydrogens (tertiary/aromatic N) is 3. The number of carboxylic acids is 1. The van der Waals surface area contributed by atoms with Crippen LogP contribution in [0.2, 0.25) is 0 Å². The lowest BCUT2D eigenvalue weighted by atomic mass is 9.94. The van der Waals surface area contributed by atoms with Crippen LogP contribution in [0.15, 0.2) is 274 Å². The SMILES string of the molecule is CC.CC.CC.CC[C@H](C(=O)Nc1ccc2cnccc2c1)c1ccc(COC(=O)c2ccccc2)cc1.CC[C@H](C(=O)O)c1ccc(COC(=O)c2ccccc2)cc1.NC[C@H](C(=O)Nc1ccc2cnccc2c1)c1ccc(COC(=O)c2ccccc2)cc1.Nc1ccc2cnccc2c1. The van der Waals surface area contributed by atoms with Crippen LogP contribution in [-0.4, -0.2) is 62.3 Å². The van der Waals surface area contributed by atoms with Crippen molar-refractivity contribution in [3.05, 3.63) is 324 Å². The molecule has 0 unspecified atom stereocenters. The number of nitrogen functional groups attached to an aromatic ring is 1. The van der Waals surface area contributed by atoms with Gasteiger partial charge in [-0.25, -0.2) is 14.4 Å². The van der Waals surface area contributed by atoms with Gasteiger partial charge < -0.3 is 41.4 Å². The summed E-state index contributed by atoms with van der Waals surface area (Å²) in [5, 5.41) is 21.4. The summed E-state index contributed by atoms with van der Waals surface area (Å²) in [5.74, 6) is -3.43. The van der Waals surface area contributed by atoms with Crippen molar-refractivity contribution in [1.29, 1.82) is 0 Å². The summed E-state index contributed by atoms with van der Waals surface area (Å²) < 4.78 is 16.0. The van der Waals surface area contributed by atoms with E-state index in [4.69, 9.17) is 30.8 Å². The number of benzene rings is 9. The molecule has 103 heavy (non-hydrogen) atoms. The first-order chi connectivity index (χ1) is 50.2. The summed E-state index contributed by atoms with van der Waals surface area (Å²) in [6, 6.07) is 71.7. The molecule has 3 aromatic heterocycles. The van der Waals surface area contributed by atoms with Crippen LogP contribution >= 0.6 is 0 Å². The zero-order valence-corrected chi connectivity index (χ0v) is 59.6. The number of fused-ring (bicyclic) bond motifs is 3. The number of aliphatic carboxylic acids is 1. The van der Waals surface area contributed by atoms with Crippen molar-refractivity contribution >= 4 is 85.1 Å². The molecule has 0 radical (unpaired) electrons. The smallest absolute Gasteiger partial charge is 0.338 e. The van der Waals surface area contributed by atoms with E-state index in [-0.39, 0.29) is 62.0 Å².